The SMILES string of the molecule is CC[C@]1(c2ccccc2)NC(=O)N(NC(=O)CN2CCc3sccc3[C@@H]2c2ccccc2)C1=O. The van der Waals surface area contributed by atoms with E-state index in [9.17, 15) is 14.4 Å². The van der Waals surface area contributed by atoms with Gasteiger partial charge in [-0.3, -0.25) is 19.9 Å². The minimum Gasteiger partial charge on any atom is -0.318 e. The van der Waals surface area contributed by atoms with Crippen LogP contribution in [-0.2, 0) is 21.5 Å². The number of hydrazine groups is 1. The fourth-order valence-electron chi connectivity index (χ4n) is 4.95. The molecule has 0 radical (unpaired) electrons. The zero-order valence-electron chi connectivity index (χ0n) is 18.9. The van der Waals surface area contributed by atoms with Crippen LogP contribution in [0.1, 0.15) is 41.0 Å². The minimum atomic E-state index is -1.19. The van der Waals surface area contributed by atoms with E-state index in [0.717, 1.165) is 17.0 Å². The summed E-state index contributed by atoms with van der Waals surface area (Å²) in [4.78, 5) is 42.6. The van der Waals surface area contributed by atoms with Gasteiger partial charge in [0.25, 0.3) is 11.8 Å². The number of nitrogens with one attached hydrogen (secondary N) is 2. The third kappa shape index (κ3) is 3.78. The van der Waals surface area contributed by atoms with Crippen molar-refractivity contribution in [3.05, 3.63) is 93.7 Å². The van der Waals surface area contributed by atoms with Gasteiger partial charge in [0.05, 0.1) is 12.6 Å². The summed E-state index contributed by atoms with van der Waals surface area (Å²) >= 11 is 1.74. The maximum Gasteiger partial charge on any atom is 0.344 e. The number of imide groups is 1. The quantitative estimate of drug-likeness (QED) is 0.535. The molecule has 2 atom stereocenters. The van der Waals surface area contributed by atoms with Crippen LogP contribution in [0.3, 0.4) is 0 Å². The Morgan fingerprint density at radius 1 is 1.09 bits per heavy atom. The second kappa shape index (κ2) is 9.04. The number of urea groups is 1. The number of carbonyl (C=O) groups excluding carboxylic acids is 3. The van der Waals surface area contributed by atoms with Crippen LogP contribution in [-0.4, -0.2) is 40.8 Å². The molecule has 8 heteroatoms. The van der Waals surface area contributed by atoms with E-state index in [0.29, 0.717) is 18.5 Å². The van der Waals surface area contributed by atoms with Crippen LogP contribution in [0.4, 0.5) is 4.79 Å². The van der Waals surface area contributed by atoms with Crippen molar-refractivity contribution >= 4 is 29.2 Å². The summed E-state index contributed by atoms with van der Waals surface area (Å²) < 4.78 is 0. The molecule has 3 heterocycles. The Labute approximate surface area is 202 Å². The van der Waals surface area contributed by atoms with E-state index in [1.54, 1.807) is 11.3 Å². The zero-order valence-corrected chi connectivity index (χ0v) is 19.7. The van der Waals surface area contributed by atoms with Gasteiger partial charge < -0.3 is 5.32 Å². The van der Waals surface area contributed by atoms with Crippen molar-refractivity contribution < 1.29 is 14.4 Å². The first-order chi connectivity index (χ1) is 16.5. The van der Waals surface area contributed by atoms with Gasteiger partial charge in [0.15, 0.2) is 0 Å². The third-order valence-corrected chi connectivity index (χ3v) is 7.65. The van der Waals surface area contributed by atoms with Gasteiger partial charge in [0.2, 0.25) is 0 Å². The predicted molar refractivity (Wildman–Crippen MR) is 130 cm³/mol. The normalized spacial score (nSPS) is 22.4. The molecule has 0 bridgehead atoms. The first-order valence-electron chi connectivity index (χ1n) is 11.4. The number of nitrogens with zero attached hydrogens (tertiary/aromatic N) is 2. The third-order valence-electron chi connectivity index (χ3n) is 6.65. The van der Waals surface area contributed by atoms with Crippen molar-refractivity contribution in [2.24, 2.45) is 0 Å². The van der Waals surface area contributed by atoms with Crippen LogP contribution in [0, 0.1) is 0 Å². The Morgan fingerprint density at radius 2 is 1.79 bits per heavy atom. The monoisotopic (exact) mass is 474 g/mol. The van der Waals surface area contributed by atoms with Crippen molar-refractivity contribution in [3.63, 3.8) is 0 Å². The Balaban J connectivity index is 1.35. The van der Waals surface area contributed by atoms with Crippen molar-refractivity contribution in [1.29, 1.82) is 0 Å². The van der Waals surface area contributed by atoms with Crippen LogP contribution in [0.15, 0.2) is 72.1 Å². The number of benzene rings is 2. The Bertz CT molecular complexity index is 1210. The molecule has 2 aromatic carbocycles. The Hall–Kier alpha value is -3.49. The van der Waals surface area contributed by atoms with Gasteiger partial charge in [-0.15, -0.1) is 11.3 Å². The number of hydrogen-bond acceptors (Lipinski definition) is 5. The van der Waals surface area contributed by atoms with E-state index in [1.165, 1.54) is 10.4 Å². The molecule has 4 amide bonds. The van der Waals surface area contributed by atoms with Gasteiger partial charge in [-0.1, -0.05) is 67.6 Å². The maximum atomic E-state index is 13.3. The van der Waals surface area contributed by atoms with Crippen LogP contribution in [0.25, 0.3) is 0 Å². The highest BCUT2D eigenvalue weighted by molar-refractivity contribution is 7.10. The lowest BCUT2D eigenvalue weighted by Gasteiger charge is -2.36. The van der Waals surface area contributed by atoms with Crippen LogP contribution < -0.4 is 10.7 Å². The van der Waals surface area contributed by atoms with Crippen LogP contribution in [0.5, 0.6) is 0 Å². The molecule has 0 saturated carbocycles. The van der Waals surface area contributed by atoms with E-state index >= 15 is 0 Å². The second-order valence-electron chi connectivity index (χ2n) is 8.56. The van der Waals surface area contributed by atoms with E-state index in [-0.39, 0.29) is 12.6 Å². The summed E-state index contributed by atoms with van der Waals surface area (Å²) in [7, 11) is 0. The van der Waals surface area contributed by atoms with E-state index in [1.807, 2.05) is 55.5 Å². The van der Waals surface area contributed by atoms with Gasteiger partial charge in [0.1, 0.15) is 5.54 Å². The molecule has 5 rings (SSSR count). The Kier molecular flexibility index (Phi) is 5.93. The number of rotatable bonds is 6. The second-order valence-corrected chi connectivity index (χ2v) is 9.56. The van der Waals surface area contributed by atoms with Crippen LogP contribution in [0.2, 0.25) is 0 Å². The smallest absolute Gasteiger partial charge is 0.318 e. The molecular formula is C26H26N4O3S. The highest BCUT2D eigenvalue weighted by atomic mass is 32.1. The average Bonchev–Trinajstić information content (AvgIpc) is 3.43. The van der Waals surface area contributed by atoms with Crippen LogP contribution >= 0.6 is 11.3 Å². The first-order valence-corrected chi connectivity index (χ1v) is 12.3. The maximum absolute atomic E-state index is 13.3. The number of hydrogen-bond donors (Lipinski definition) is 2. The standard InChI is InChI=1S/C26H26N4O3S/c1-2-26(19-11-7-4-8-12-19)24(32)30(25(33)27-26)28-22(31)17-29-15-13-21-20(14-16-34-21)23(29)18-9-5-3-6-10-18/h3-12,14,16,23H,2,13,15,17H2,1H3,(H,27,33)(H,28,31)/t23-,26+/m0/s1. The summed E-state index contributed by atoms with van der Waals surface area (Å²) in [5.74, 6) is -0.874. The van der Waals surface area contributed by atoms with E-state index in [2.05, 4.69) is 39.2 Å². The van der Waals surface area contributed by atoms with Crippen molar-refractivity contribution in [2.45, 2.75) is 31.3 Å². The molecule has 3 aromatic rings. The summed E-state index contributed by atoms with van der Waals surface area (Å²) in [5.41, 5.74) is 4.39. The fourth-order valence-corrected chi connectivity index (χ4v) is 5.85. The van der Waals surface area contributed by atoms with Crippen molar-refractivity contribution in [1.82, 2.24) is 20.7 Å². The molecule has 1 aromatic heterocycles. The van der Waals surface area contributed by atoms with Gasteiger partial charge in [-0.25, -0.2) is 4.79 Å². The molecule has 7 nitrogen and oxygen atoms in total. The van der Waals surface area contributed by atoms with Crippen molar-refractivity contribution in [2.75, 3.05) is 13.1 Å². The van der Waals surface area contributed by atoms with E-state index < -0.39 is 23.4 Å². The molecular weight excluding hydrogens is 448 g/mol. The molecule has 2 aliphatic rings. The molecule has 0 spiro atoms. The topological polar surface area (TPSA) is 81.8 Å². The summed E-state index contributed by atoms with van der Waals surface area (Å²) in [6, 6.07) is 20.7. The van der Waals surface area contributed by atoms with Crippen molar-refractivity contribution in [3.8, 4) is 0 Å². The molecule has 0 aliphatic carbocycles. The molecule has 2 aliphatic heterocycles. The number of amides is 4. The number of carbonyl (C=O) groups is 3. The summed E-state index contributed by atoms with van der Waals surface area (Å²) in [5, 5.41) is 5.72. The molecule has 34 heavy (non-hydrogen) atoms. The first kappa shape index (κ1) is 22.3. The minimum absolute atomic E-state index is 0.0518. The summed E-state index contributed by atoms with van der Waals surface area (Å²) in [6.07, 6.45) is 1.23. The van der Waals surface area contributed by atoms with Gasteiger partial charge in [0, 0.05) is 11.4 Å². The highest BCUT2D eigenvalue weighted by Crippen LogP contribution is 2.37. The molecule has 0 unspecified atom stereocenters. The molecule has 2 N–H and O–H groups in total. The lowest BCUT2D eigenvalue weighted by Crippen LogP contribution is -2.52. The largest absolute Gasteiger partial charge is 0.344 e. The van der Waals surface area contributed by atoms with Gasteiger partial charge in [-0.2, -0.15) is 5.01 Å². The molecule has 1 saturated heterocycles. The Morgan fingerprint density at radius 3 is 2.50 bits per heavy atom. The lowest BCUT2D eigenvalue weighted by atomic mass is 9.87. The summed E-state index contributed by atoms with van der Waals surface area (Å²) in [6.45, 7) is 2.62. The van der Waals surface area contributed by atoms with Gasteiger partial charge >= 0.3 is 6.03 Å². The van der Waals surface area contributed by atoms with Gasteiger partial charge in [-0.05, 0) is 41.0 Å². The van der Waals surface area contributed by atoms with E-state index in [4.69, 9.17) is 0 Å². The molecule has 174 valence electrons. The fraction of sp³-hybridized carbons (Fsp3) is 0.269. The predicted octanol–water partition coefficient (Wildman–Crippen LogP) is 3.58. The number of thiophene rings is 1. The molecule has 1 fully saturated rings. The zero-order chi connectivity index (χ0) is 23.7. The highest BCUT2D eigenvalue weighted by Gasteiger charge is 2.52. The average molecular weight is 475 g/mol. The lowest BCUT2D eigenvalue weighted by molar-refractivity contribution is -0.140. The number of fused-ring (bicyclic) bond motifs is 1.